The van der Waals surface area contributed by atoms with Gasteiger partial charge in [-0.3, -0.25) is 0 Å². The van der Waals surface area contributed by atoms with E-state index in [4.69, 9.17) is 24.5 Å². The summed E-state index contributed by atoms with van der Waals surface area (Å²) < 4.78 is 61.3. The maximum atomic E-state index is 8.97. The fourth-order valence-corrected chi connectivity index (χ4v) is 8.27. The fourth-order valence-electron chi connectivity index (χ4n) is 5.16. The van der Waals surface area contributed by atoms with Crippen molar-refractivity contribution in [3.63, 3.8) is 0 Å². The Labute approximate surface area is 269 Å². The van der Waals surface area contributed by atoms with E-state index in [9.17, 15) is 0 Å². The fraction of sp³-hybridized carbons (Fsp3) is 0. The van der Waals surface area contributed by atoms with Crippen molar-refractivity contribution in [3.05, 3.63) is 151 Å². The van der Waals surface area contributed by atoms with Crippen LogP contribution in [0, 0.1) is 0 Å². The number of rotatable bonds is 5. The van der Waals surface area contributed by atoms with Gasteiger partial charge < -0.3 is 0 Å². The van der Waals surface area contributed by atoms with Crippen molar-refractivity contribution in [1.29, 1.82) is 0 Å². The molecule has 2 heterocycles. The van der Waals surface area contributed by atoms with Gasteiger partial charge in [0.15, 0.2) is 0 Å². The van der Waals surface area contributed by atoms with Crippen LogP contribution >= 0.6 is 0 Å². The second-order valence-electron chi connectivity index (χ2n) is 9.96. The molecule has 0 amide bonds. The molecule has 0 N–H and O–H groups in total. The predicted octanol–water partition coefficient (Wildman–Crippen LogP) is 9.57. The molecule has 3 nitrogen and oxygen atoms in total. The molecule has 43 heavy (non-hydrogen) atoms. The zero-order chi connectivity index (χ0) is 34.7. The summed E-state index contributed by atoms with van der Waals surface area (Å²) in [7, 11) is 0. The molecule has 0 aliphatic carbocycles. The van der Waals surface area contributed by atoms with E-state index in [0.29, 0.717) is 46.2 Å². The van der Waals surface area contributed by atoms with Gasteiger partial charge in [0.1, 0.15) is 0 Å². The molecule has 8 rings (SSSR count). The first kappa shape index (κ1) is 19.3. The summed E-state index contributed by atoms with van der Waals surface area (Å²) in [6.45, 7) is 0. The molecule has 8 aromatic rings. The molecule has 0 unspecified atom stereocenters. The van der Waals surface area contributed by atoms with Gasteiger partial charge in [-0.15, -0.1) is 0 Å². The van der Waals surface area contributed by atoms with Gasteiger partial charge in [0.05, 0.1) is 0 Å². The first-order chi connectivity index (χ1) is 24.2. The van der Waals surface area contributed by atoms with Gasteiger partial charge in [-0.25, -0.2) is 0 Å². The van der Waals surface area contributed by atoms with E-state index in [1.165, 1.54) is 0 Å². The van der Waals surface area contributed by atoms with Crippen molar-refractivity contribution < 1.29 is 9.60 Å². The second kappa shape index (κ2) is 11.1. The predicted molar refractivity (Wildman–Crippen MR) is 179 cm³/mol. The van der Waals surface area contributed by atoms with Crippen molar-refractivity contribution >= 4 is 38.0 Å². The zero-order valence-corrected chi connectivity index (χ0v) is 25.0. The minimum absolute atomic E-state index is 0.0834. The van der Waals surface area contributed by atoms with Crippen molar-refractivity contribution in [3.8, 4) is 56.4 Å². The van der Waals surface area contributed by atoms with E-state index in [1.54, 1.807) is 0 Å². The normalized spacial score (nSPS) is 13.5. The molecule has 0 atom stereocenters. The molecule has 2 aromatic heterocycles. The topological polar surface area (TPSA) is 38.7 Å². The minimum atomic E-state index is -1.40. The second-order valence-corrected chi connectivity index (χ2v) is 12.9. The van der Waals surface area contributed by atoms with Gasteiger partial charge >= 0.3 is 210 Å². The van der Waals surface area contributed by atoms with Crippen LogP contribution in [0.15, 0.2) is 151 Å². The summed E-state index contributed by atoms with van der Waals surface area (Å²) in [6.07, 6.45) is 0. The molecule has 0 aliphatic rings. The molecular weight excluding hydrogens is 638 g/mol. The van der Waals surface area contributed by atoms with Crippen LogP contribution in [-0.2, 0) is 0 Å². The molecule has 4 heteroatoms. The SMILES string of the molecule is [2H]c1c([2H])c([2H])c2c([te]c3c(-c4cccc(-c5cccc(-c6nc(-c7ccccc7)nc(-c7ccccc7)n6)c5)c4)c([2H])c([2H])c([2H])c32)c1[2H]. The number of aromatic nitrogens is 3. The van der Waals surface area contributed by atoms with Crippen LogP contribution in [0.4, 0.5) is 0 Å². The van der Waals surface area contributed by atoms with Crippen LogP contribution in [-0.4, -0.2) is 35.4 Å². The first-order valence-corrected chi connectivity index (χ1v) is 16.0. The monoisotopic (exact) mass is 672 g/mol. The molecule has 0 radical (unpaired) electrons. The van der Waals surface area contributed by atoms with Crippen LogP contribution in [0.1, 0.15) is 9.60 Å². The summed E-state index contributed by atoms with van der Waals surface area (Å²) in [5.74, 6) is 1.65. The van der Waals surface area contributed by atoms with Crippen molar-refractivity contribution in [2.24, 2.45) is 0 Å². The van der Waals surface area contributed by atoms with Gasteiger partial charge in [0.25, 0.3) is 0 Å². The Balaban J connectivity index is 1.28. The Hall–Kier alpha value is -4.88. The summed E-state index contributed by atoms with van der Waals surface area (Å²) in [5, 5.41) is 0.662. The third-order valence-corrected chi connectivity index (χ3v) is 10.4. The average Bonchev–Trinajstić information content (AvgIpc) is 3.57. The molecule has 0 saturated heterocycles. The van der Waals surface area contributed by atoms with Crippen LogP contribution in [0.5, 0.6) is 0 Å². The van der Waals surface area contributed by atoms with E-state index < -0.39 is 20.4 Å². The van der Waals surface area contributed by atoms with Crippen LogP contribution in [0.2, 0.25) is 0 Å². The Morgan fingerprint density at radius 2 is 0.953 bits per heavy atom. The summed E-state index contributed by atoms with van der Waals surface area (Å²) in [6, 6.07) is 33.7. The summed E-state index contributed by atoms with van der Waals surface area (Å²) >= 11 is -1.40. The Bertz CT molecular complexity index is 2570. The molecule has 0 spiro atoms. The Morgan fingerprint density at radius 1 is 0.442 bits per heavy atom. The average molecular weight is 670 g/mol. The summed E-state index contributed by atoms with van der Waals surface area (Å²) in [4.78, 5) is 14.6. The molecule has 202 valence electrons. The van der Waals surface area contributed by atoms with Crippen LogP contribution < -0.4 is 0 Å². The molecular formula is C39H25N3Te. The molecule has 0 bridgehead atoms. The van der Waals surface area contributed by atoms with Gasteiger partial charge in [0.2, 0.25) is 0 Å². The van der Waals surface area contributed by atoms with Gasteiger partial charge in [-0.1, -0.05) is 60.7 Å². The van der Waals surface area contributed by atoms with E-state index >= 15 is 0 Å². The quantitative estimate of drug-likeness (QED) is 0.171. The third kappa shape index (κ3) is 4.96. The molecule has 0 saturated carbocycles. The van der Waals surface area contributed by atoms with E-state index in [2.05, 4.69) is 0 Å². The third-order valence-electron chi connectivity index (χ3n) is 7.24. The van der Waals surface area contributed by atoms with E-state index in [1.807, 2.05) is 109 Å². The van der Waals surface area contributed by atoms with Crippen molar-refractivity contribution in [2.45, 2.75) is 0 Å². The van der Waals surface area contributed by atoms with Gasteiger partial charge in [-0.05, 0) is 0 Å². The Kier molecular flexibility index (Phi) is 4.98. The zero-order valence-electron chi connectivity index (χ0n) is 29.6. The first-order valence-electron chi connectivity index (χ1n) is 17.2. The number of hydrogen-bond acceptors (Lipinski definition) is 3. The maximum absolute atomic E-state index is 8.97. The van der Waals surface area contributed by atoms with E-state index in [0.717, 1.165) is 27.8 Å². The Morgan fingerprint density at radius 3 is 1.63 bits per heavy atom. The molecule has 0 aliphatic heterocycles. The summed E-state index contributed by atoms with van der Waals surface area (Å²) in [5.41, 5.74) is 5.49. The van der Waals surface area contributed by atoms with Gasteiger partial charge in [-0.2, -0.15) is 0 Å². The van der Waals surface area contributed by atoms with Crippen molar-refractivity contribution in [2.75, 3.05) is 0 Å². The number of nitrogens with zero attached hydrogens (tertiary/aromatic N) is 3. The van der Waals surface area contributed by atoms with Gasteiger partial charge in [0, 0.05) is 0 Å². The standard InChI is InChI=1S/C39H25N3Te/c1-3-12-26(13-4-1)37-40-38(27-14-5-2-6-15-27)42-39(41-37)31-19-10-17-29(25-31)28-16-9-18-30(24-28)32-21-11-22-34-33-20-7-8-23-35(33)43-36(32)34/h1-25H/i7D,8D,11D,20D,21D,22D,23D. The van der Waals surface area contributed by atoms with Crippen LogP contribution in [0.25, 0.3) is 74.0 Å². The van der Waals surface area contributed by atoms with Crippen molar-refractivity contribution in [1.82, 2.24) is 15.0 Å². The molecule has 6 aromatic carbocycles. The van der Waals surface area contributed by atoms with Crippen LogP contribution in [0.3, 0.4) is 0 Å². The van der Waals surface area contributed by atoms with E-state index in [-0.39, 0.29) is 42.3 Å². The number of hydrogen-bond donors (Lipinski definition) is 0. The number of fused-ring (bicyclic) bond motifs is 3. The number of benzene rings is 6. The molecule has 0 fully saturated rings.